The second-order valence-electron chi connectivity index (χ2n) is 2.93. The average Bonchev–Trinajstić information content (AvgIpc) is 2.61. The van der Waals surface area contributed by atoms with Crippen LogP contribution in [0.5, 0.6) is 5.88 Å². The molecule has 0 bridgehead atoms. The summed E-state index contributed by atoms with van der Waals surface area (Å²) in [6, 6.07) is 8.81. The fourth-order valence-corrected chi connectivity index (χ4v) is 1.25. The van der Waals surface area contributed by atoms with E-state index in [2.05, 4.69) is 5.10 Å². The molecule has 2 aromatic rings. The zero-order chi connectivity index (χ0) is 10.8. The highest BCUT2D eigenvalue weighted by Gasteiger charge is 2.16. The van der Waals surface area contributed by atoms with Gasteiger partial charge in [0.1, 0.15) is 5.56 Å². The van der Waals surface area contributed by atoms with Crippen molar-refractivity contribution in [1.29, 1.82) is 0 Å². The first kappa shape index (κ1) is 9.26. The molecule has 0 aliphatic heterocycles. The van der Waals surface area contributed by atoms with Gasteiger partial charge in [-0.2, -0.15) is 5.10 Å². The van der Waals surface area contributed by atoms with Gasteiger partial charge < -0.3 is 10.2 Å². The Balaban J connectivity index is 2.52. The molecule has 0 saturated carbocycles. The van der Waals surface area contributed by atoms with E-state index in [1.165, 1.54) is 4.68 Å². The fourth-order valence-electron chi connectivity index (χ4n) is 1.25. The van der Waals surface area contributed by atoms with E-state index in [9.17, 15) is 9.90 Å². The molecule has 0 aliphatic rings. The second-order valence-corrected chi connectivity index (χ2v) is 2.93. The van der Waals surface area contributed by atoms with Crippen molar-refractivity contribution in [3.05, 3.63) is 42.1 Å². The van der Waals surface area contributed by atoms with Crippen molar-refractivity contribution < 1.29 is 15.0 Å². The van der Waals surface area contributed by atoms with E-state index in [1.54, 1.807) is 24.3 Å². The summed E-state index contributed by atoms with van der Waals surface area (Å²) in [4.78, 5) is 10.7. The van der Waals surface area contributed by atoms with Crippen LogP contribution in [0.1, 0.15) is 10.4 Å². The topological polar surface area (TPSA) is 75.3 Å². The molecule has 0 fully saturated rings. The maximum atomic E-state index is 10.7. The summed E-state index contributed by atoms with van der Waals surface area (Å²) in [7, 11) is 0. The van der Waals surface area contributed by atoms with Crippen LogP contribution in [0.3, 0.4) is 0 Å². The van der Waals surface area contributed by atoms with Crippen molar-refractivity contribution in [2.45, 2.75) is 0 Å². The molecule has 15 heavy (non-hydrogen) atoms. The van der Waals surface area contributed by atoms with Gasteiger partial charge in [-0.1, -0.05) is 18.2 Å². The van der Waals surface area contributed by atoms with Crippen LogP contribution in [0.4, 0.5) is 0 Å². The number of hydrogen-bond acceptors (Lipinski definition) is 3. The molecule has 1 aromatic carbocycles. The van der Waals surface area contributed by atoms with Crippen LogP contribution in [0.2, 0.25) is 0 Å². The highest BCUT2D eigenvalue weighted by Crippen LogP contribution is 2.20. The van der Waals surface area contributed by atoms with Gasteiger partial charge in [0.15, 0.2) is 0 Å². The second kappa shape index (κ2) is 3.45. The van der Waals surface area contributed by atoms with Crippen molar-refractivity contribution in [2.24, 2.45) is 0 Å². The van der Waals surface area contributed by atoms with E-state index in [0.717, 1.165) is 6.20 Å². The molecule has 5 heteroatoms. The Bertz CT molecular complexity index is 491. The number of aromatic carboxylic acids is 1. The van der Waals surface area contributed by atoms with Crippen LogP contribution in [-0.2, 0) is 0 Å². The maximum Gasteiger partial charge on any atom is 0.342 e. The molecule has 2 rings (SSSR count). The van der Waals surface area contributed by atoms with Gasteiger partial charge in [0.25, 0.3) is 0 Å². The summed E-state index contributed by atoms with van der Waals surface area (Å²) in [6.45, 7) is 0. The summed E-state index contributed by atoms with van der Waals surface area (Å²) in [5, 5.41) is 22.1. The molecule has 0 radical (unpaired) electrons. The highest BCUT2D eigenvalue weighted by atomic mass is 16.4. The number of para-hydroxylation sites is 1. The van der Waals surface area contributed by atoms with E-state index in [4.69, 9.17) is 5.11 Å². The molecule has 0 saturated heterocycles. The Kier molecular flexibility index (Phi) is 2.13. The van der Waals surface area contributed by atoms with E-state index in [-0.39, 0.29) is 11.4 Å². The number of aromatic hydroxyl groups is 1. The molecule has 0 unspecified atom stereocenters. The molecule has 0 amide bonds. The number of hydrogen-bond donors (Lipinski definition) is 2. The molecular weight excluding hydrogens is 196 g/mol. The van der Waals surface area contributed by atoms with Gasteiger partial charge in [0, 0.05) is 0 Å². The first-order valence-corrected chi connectivity index (χ1v) is 4.26. The largest absolute Gasteiger partial charge is 0.493 e. The number of rotatable bonds is 2. The number of carboxylic acid groups (broad SMARTS) is 1. The van der Waals surface area contributed by atoms with Gasteiger partial charge in [0.2, 0.25) is 5.88 Å². The molecule has 76 valence electrons. The maximum absolute atomic E-state index is 10.7. The summed E-state index contributed by atoms with van der Waals surface area (Å²) >= 11 is 0. The predicted octanol–water partition coefficient (Wildman–Crippen LogP) is 1.28. The van der Waals surface area contributed by atoms with E-state index < -0.39 is 5.97 Å². The molecule has 2 N–H and O–H groups in total. The zero-order valence-electron chi connectivity index (χ0n) is 7.66. The minimum Gasteiger partial charge on any atom is -0.493 e. The number of aromatic nitrogens is 2. The molecule has 0 aliphatic carbocycles. The van der Waals surface area contributed by atoms with Crippen molar-refractivity contribution in [2.75, 3.05) is 0 Å². The first-order valence-electron chi connectivity index (χ1n) is 4.26. The van der Waals surface area contributed by atoms with Crippen LogP contribution in [0, 0.1) is 0 Å². The molecule has 0 atom stereocenters. The normalized spacial score (nSPS) is 10.1. The van der Waals surface area contributed by atoms with Crippen molar-refractivity contribution in [3.63, 3.8) is 0 Å². The van der Waals surface area contributed by atoms with Crippen LogP contribution in [0.25, 0.3) is 5.69 Å². The molecule has 5 nitrogen and oxygen atoms in total. The van der Waals surface area contributed by atoms with Crippen molar-refractivity contribution in [1.82, 2.24) is 9.78 Å². The summed E-state index contributed by atoms with van der Waals surface area (Å²) in [5.41, 5.74) is 0.404. The van der Waals surface area contributed by atoms with Gasteiger partial charge in [-0.05, 0) is 12.1 Å². The lowest BCUT2D eigenvalue weighted by Gasteiger charge is -2.01. The minimum atomic E-state index is -1.20. The van der Waals surface area contributed by atoms with Crippen LogP contribution in [0.15, 0.2) is 36.5 Å². The minimum absolute atomic E-state index is 0.209. The van der Waals surface area contributed by atoms with Crippen LogP contribution in [-0.4, -0.2) is 26.0 Å². The molecule has 1 aromatic heterocycles. The van der Waals surface area contributed by atoms with Gasteiger partial charge in [-0.15, -0.1) is 0 Å². The van der Waals surface area contributed by atoms with Crippen molar-refractivity contribution >= 4 is 5.97 Å². The summed E-state index contributed by atoms with van der Waals surface area (Å²) in [5.74, 6) is -1.57. The highest BCUT2D eigenvalue weighted by molar-refractivity contribution is 5.90. The van der Waals surface area contributed by atoms with Crippen LogP contribution >= 0.6 is 0 Å². The van der Waals surface area contributed by atoms with Gasteiger partial charge in [-0.25, -0.2) is 9.48 Å². The van der Waals surface area contributed by atoms with Crippen molar-refractivity contribution in [3.8, 4) is 11.6 Å². The monoisotopic (exact) mass is 204 g/mol. The van der Waals surface area contributed by atoms with E-state index >= 15 is 0 Å². The average molecular weight is 204 g/mol. The number of carbonyl (C=O) groups is 1. The lowest BCUT2D eigenvalue weighted by Crippen LogP contribution is -1.97. The predicted molar refractivity (Wildman–Crippen MR) is 52.2 cm³/mol. The Morgan fingerprint density at radius 1 is 1.27 bits per heavy atom. The van der Waals surface area contributed by atoms with Gasteiger partial charge in [0.05, 0.1) is 11.9 Å². The van der Waals surface area contributed by atoms with Crippen LogP contribution < -0.4 is 0 Å². The van der Waals surface area contributed by atoms with Gasteiger partial charge >= 0.3 is 5.97 Å². The SMILES string of the molecule is O=C(O)c1cnn(-c2ccccc2)c1O. The number of carboxylic acids is 1. The van der Waals surface area contributed by atoms with E-state index in [0.29, 0.717) is 5.69 Å². The summed E-state index contributed by atoms with van der Waals surface area (Å²) in [6.07, 6.45) is 1.12. The Hall–Kier alpha value is -2.30. The Morgan fingerprint density at radius 3 is 2.47 bits per heavy atom. The number of nitrogens with zero attached hydrogens (tertiary/aromatic N) is 2. The third-order valence-corrected chi connectivity index (χ3v) is 1.98. The zero-order valence-corrected chi connectivity index (χ0v) is 7.66. The fraction of sp³-hybridized carbons (Fsp3) is 0. The molecule has 0 spiro atoms. The first-order chi connectivity index (χ1) is 7.20. The molecular formula is C10H8N2O3. The lowest BCUT2D eigenvalue weighted by molar-refractivity contribution is 0.0693. The standard InChI is InChI=1S/C10H8N2O3/c13-9-8(10(14)15)6-11-12(9)7-4-2-1-3-5-7/h1-6,13H,(H,14,15). The Morgan fingerprint density at radius 2 is 1.93 bits per heavy atom. The number of benzene rings is 1. The van der Waals surface area contributed by atoms with E-state index in [1.807, 2.05) is 6.07 Å². The third kappa shape index (κ3) is 1.54. The lowest BCUT2D eigenvalue weighted by atomic mass is 10.3. The summed E-state index contributed by atoms with van der Waals surface area (Å²) < 4.78 is 1.17. The Labute approximate surface area is 85.2 Å². The van der Waals surface area contributed by atoms with Gasteiger partial charge in [-0.3, -0.25) is 0 Å². The third-order valence-electron chi connectivity index (χ3n) is 1.98. The quantitative estimate of drug-likeness (QED) is 0.772. The molecule has 1 heterocycles. The smallest absolute Gasteiger partial charge is 0.342 e.